The van der Waals surface area contributed by atoms with Crippen molar-refractivity contribution in [1.82, 2.24) is 4.90 Å². The number of methoxy groups -OCH3 is 1. The molecule has 2 aliphatic heterocycles. The van der Waals surface area contributed by atoms with E-state index in [0.717, 1.165) is 30.4 Å². The van der Waals surface area contributed by atoms with Crippen molar-refractivity contribution in [3.8, 4) is 0 Å². The van der Waals surface area contributed by atoms with Crippen LogP contribution in [-0.4, -0.2) is 43.2 Å². The summed E-state index contributed by atoms with van der Waals surface area (Å²) in [6, 6.07) is 18.5. The van der Waals surface area contributed by atoms with Crippen LogP contribution < -0.4 is 0 Å². The molecule has 0 aromatic heterocycles. The topological polar surface area (TPSA) is 38.8 Å². The Morgan fingerprint density at radius 2 is 1.75 bits per heavy atom. The van der Waals surface area contributed by atoms with E-state index in [4.69, 9.17) is 21.1 Å². The average Bonchev–Trinajstić information content (AvgIpc) is 2.96. The van der Waals surface area contributed by atoms with Crippen LogP contribution in [0.2, 0.25) is 5.02 Å². The first kappa shape index (κ1) is 19.4. The van der Waals surface area contributed by atoms with Gasteiger partial charge in [-0.05, 0) is 49.6 Å². The number of rotatable bonds is 5. The summed E-state index contributed by atoms with van der Waals surface area (Å²) in [6.45, 7) is 0. The second-order valence-electron chi connectivity index (χ2n) is 7.77. The maximum atomic E-state index is 12.7. The van der Waals surface area contributed by atoms with E-state index in [-0.39, 0.29) is 30.1 Å². The summed E-state index contributed by atoms with van der Waals surface area (Å²) < 4.78 is 11.9. The molecule has 0 saturated carbocycles. The van der Waals surface area contributed by atoms with Crippen molar-refractivity contribution in [2.45, 2.75) is 43.6 Å². The second kappa shape index (κ2) is 8.24. The molecule has 0 spiro atoms. The van der Waals surface area contributed by atoms with Crippen molar-refractivity contribution in [2.75, 3.05) is 14.2 Å². The molecule has 2 heterocycles. The Bertz CT molecular complexity index is 810. The first-order valence-corrected chi connectivity index (χ1v) is 10.2. The molecule has 28 heavy (non-hydrogen) atoms. The van der Waals surface area contributed by atoms with Crippen LogP contribution in [0.15, 0.2) is 54.6 Å². The second-order valence-corrected chi connectivity index (χ2v) is 8.20. The van der Waals surface area contributed by atoms with Crippen molar-refractivity contribution >= 4 is 17.6 Å². The highest BCUT2D eigenvalue weighted by molar-refractivity contribution is 6.30. The van der Waals surface area contributed by atoms with Gasteiger partial charge in [0, 0.05) is 17.1 Å². The molecule has 148 valence electrons. The lowest BCUT2D eigenvalue weighted by Gasteiger charge is -2.42. The minimum Gasteiger partial charge on any atom is -0.469 e. The molecule has 2 aromatic rings. The van der Waals surface area contributed by atoms with Gasteiger partial charge in [0.2, 0.25) is 0 Å². The lowest BCUT2D eigenvalue weighted by Crippen LogP contribution is -2.53. The molecular weight excluding hydrogens is 374 g/mol. The van der Waals surface area contributed by atoms with Crippen LogP contribution >= 0.6 is 11.6 Å². The third-order valence-electron chi connectivity index (χ3n) is 6.27. The third-order valence-corrected chi connectivity index (χ3v) is 6.53. The van der Waals surface area contributed by atoms with E-state index < -0.39 is 0 Å². The number of fused-ring (bicyclic) bond motifs is 2. The number of piperidine rings is 1. The fourth-order valence-electron chi connectivity index (χ4n) is 4.80. The summed E-state index contributed by atoms with van der Waals surface area (Å²) in [5.74, 6) is -0.447. The van der Waals surface area contributed by atoms with Gasteiger partial charge in [0.1, 0.15) is 6.10 Å². The van der Waals surface area contributed by atoms with E-state index in [1.54, 1.807) is 0 Å². The highest BCUT2D eigenvalue weighted by Gasteiger charge is 2.50. The number of carbonyl (C=O) groups is 1. The number of ether oxygens (including phenoxy) is 2. The Morgan fingerprint density at radius 3 is 2.43 bits per heavy atom. The van der Waals surface area contributed by atoms with Crippen LogP contribution in [0.4, 0.5) is 0 Å². The van der Waals surface area contributed by atoms with Crippen molar-refractivity contribution in [3.05, 3.63) is 70.7 Å². The predicted octanol–water partition coefficient (Wildman–Crippen LogP) is 4.47. The minimum atomic E-state index is -0.271. The van der Waals surface area contributed by atoms with Crippen LogP contribution in [0, 0.1) is 5.92 Å². The lowest BCUT2D eigenvalue weighted by atomic mass is 9.87. The zero-order valence-electron chi connectivity index (χ0n) is 16.3. The maximum absolute atomic E-state index is 12.7. The van der Waals surface area contributed by atoms with Crippen molar-refractivity contribution in [3.63, 3.8) is 0 Å². The molecule has 0 radical (unpaired) electrons. The number of hydrogen-bond donors (Lipinski definition) is 0. The maximum Gasteiger partial charge on any atom is 0.312 e. The van der Waals surface area contributed by atoms with E-state index in [9.17, 15) is 4.79 Å². The number of esters is 1. The van der Waals surface area contributed by atoms with E-state index in [1.807, 2.05) is 42.5 Å². The summed E-state index contributed by atoms with van der Waals surface area (Å²) in [4.78, 5) is 15.0. The van der Waals surface area contributed by atoms with Gasteiger partial charge >= 0.3 is 5.97 Å². The van der Waals surface area contributed by atoms with Crippen LogP contribution in [-0.2, 0) is 14.3 Å². The molecule has 4 nitrogen and oxygen atoms in total. The number of hydrogen-bond acceptors (Lipinski definition) is 4. The fourth-order valence-corrected chi connectivity index (χ4v) is 4.92. The first-order chi connectivity index (χ1) is 13.6. The van der Waals surface area contributed by atoms with Gasteiger partial charge < -0.3 is 9.47 Å². The van der Waals surface area contributed by atoms with Gasteiger partial charge in [-0.1, -0.05) is 54.1 Å². The normalized spacial score (nSPS) is 28.1. The summed E-state index contributed by atoms with van der Waals surface area (Å²) in [6.07, 6.45) is 2.52. The van der Waals surface area contributed by atoms with Crippen molar-refractivity contribution in [2.24, 2.45) is 5.92 Å². The Balaban J connectivity index is 1.67. The molecule has 5 heteroatoms. The SMILES string of the molecule is COC(=O)[C@@H]1C2CCC(C[C@@H]1OC(c1ccccc1)c1ccc(Cl)cc1)N2C. The summed E-state index contributed by atoms with van der Waals surface area (Å²) in [5, 5.41) is 0.695. The molecule has 4 rings (SSSR count). The molecule has 2 aromatic carbocycles. The zero-order valence-corrected chi connectivity index (χ0v) is 17.0. The van der Waals surface area contributed by atoms with Crippen molar-refractivity contribution < 1.29 is 14.3 Å². The molecule has 5 atom stereocenters. The van der Waals surface area contributed by atoms with E-state index in [1.165, 1.54) is 7.11 Å². The largest absolute Gasteiger partial charge is 0.469 e. The van der Waals surface area contributed by atoms with Crippen LogP contribution in [0.5, 0.6) is 0 Å². The monoisotopic (exact) mass is 399 g/mol. The molecule has 2 fully saturated rings. The summed E-state index contributed by atoms with van der Waals surface area (Å²) >= 11 is 6.09. The first-order valence-electron chi connectivity index (χ1n) is 9.84. The predicted molar refractivity (Wildman–Crippen MR) is 109 cm³/mol. The Morgan fingerprint density at radius 1 is 1.07 bits per heavy atom. The molecular formula is C23H26ClNO3. The van der Waals surface area contributed by atoms with Gasteiger partial charge in [-0.15, -0.1) is 0 Å². The van der Waals surface area contributed by atoms with Gasteiger partial charge in [-0.25, -0.2) is 0 Å². The Labute approximate surface area is 171 Å². The number of halogens is 1. The lowest BCUT2D eigenvalue weighted by molar-refractivity contribution is -0.162. The Hall–Kier alpha value is -1.88. The third kappa shape index (κ3) is 3.69. The van der Waals surface area contributed by atoms with Crippen LogP contribution in [0.25, 0.3) is 0 Å². The number of benzene rings is 2. The molecule has 2 saturated heterocycles. The molecule has 2 bridgehead atoms. The van der Waals surface area contributed by atoms with Crippen molar-refractivity contribution in [1.29, 1.82) is 0 Å². The molecule has 2 aliphatic rings. The highest BCUT2D eigenvalue weighted by Crippen LogP contribution is 2.42. The number of nitrogens with zero attached hydrogens (tertiary/aromatic N) is 1. The fraction of sp³-hybridized carbons (Fsp3) is 0.435. The molecule has 0 amide bonds. The smallest absolute Gasteiger partial charge is 0.312 e. The molecule has 0 N–H and O–H groups in total. The quantitative estimate of drug-likeness (QED) is 0.695. The van der Waals surface area contributed by atoms with Gasteiger partial charge in [-0.3, -0.25) is 9.69 Å². The molecule has 3 unspecified atom stereocenters. The highest BCUT2D eigenvalue weighted by atomic mass is 35.5. The van der Waals surface area contributed by atoms with E-state index >= 15 is 0 Å². The number of carbonyl (C=O) groups excluding carboxylic acids is 1. The Kier molecular flexibility index (Phi) is 5.72. The molecule has 0 aliphatic carbocycles. The average molecular weight is 400 g/mol. The minimum absolute atomic E-state index is 0.176. The summed E-state index contributed by atoms with van der Waals surface area (Å²) in [7, 11) is 3.58. The zero-order chi connectivity index (χ0) is 19.7. The van der Waals surface area contributed by atoms with Crippen LogP contribution in [0.3, 0.4) is 0 Å². The van der Waals surface area contributed by atoms with Crippen LogP contribution in [0.1, 0.15) is 36.5 Å². The van der Waals surface area contributed by atoms with E-state index in [2.05, 4.69) is 24.1 Å². The standard InChI is InChI=1S/C23H26ClNO3/c1-25-18-12-13-19(25)21(23(26)27-2)20(14-18)28-22(15-6-4-3-5-7-15)16-8-10-17(24)11-9-16/h3-11,18-22H,12-14H2,1-2H3/t18?,19?,20-,21+,22?/m0/s1. The van der Waals surface area contributed by atoms with Gasteiger partial charge in [0.05, 0.1) is 19.1 Å². The van der Waals surface area contributed by atoms with E-state index in [0.29, 0.717) is 11.1 Å². The van der Waals surface area contributed by atoms with Gasteiger partial charge in [0.15, 0.2) is 0 Å². The summed E-state index contributed by atoms with van der Waals surface area (Å²) in [5.41, 5.74) is 2.10. The van der Waals surface area contributed by atoms with Gasteiger partial charge in [-0.2, -0.15) is 0 Å². The van der Waals surface area contributed by atoms with Gasteiger partial charge in [0.25, 0.3) is 0 Å².